The maximum Gasteiger partial charge on any atom is 0.161 e. The highest BCUT2D eigenvalue weighted by molar-refractivity contribution is 6.34. The maximum atomic E-state index is 11.3. The summed E-state index contributed by atoms with van der Waals surface area (Å²) in [5.74, 6) is 1.25. The minimum Gasteiger partial charge on any atom is -0.455 e. The zero-order valence-electron chi connectivity index (χ0n) is 11.7. The minimum absolute atomic E-state index is 0.0622. The van der Waals surface area contributed by atoms with Gasteiger partial charge in [0.2, 0.25) is 0 Å². The number of nitrogens with zero attached hydrogens (tertiary/aromatic N) is 1. The first kappa shape index (κ1) is 14.5. The van der Waals surface area contributed by atoms with Crippen molar-refractivity contribution >= 4 is 17.4 Å². The van der Waals surface area contributed by atoms with Crippen molar-refractivity contribution in [2.24, 2.45) is 0 Å². The first-order chi connectivity index (χ1) is 9.51. The summed E-state index contributed by atoms with van der Waals surface area (Å²) in [6, 6.07) is 8.86. The lowest BCUT2D eigenvalue weighted by atomic mass is 10.1. The quantitative estimate of drug-likeness (QED) is 0.772. The van der Waals surface area contributed by atoms with Crippen LogP contribution in [0.4, 0.5) is 0 Å². The molecule has 0 N–H and O–H groups in total. The van der Waals surface area contributed by atoms with Gasteiger partial charge in [0.1, 0.15) is 11.5 Å². The van der Waals surface area contributed by atoms with Crippen LogP contribution in [0, 0.1) is 6.92 Å². The second-order valence-corrected chi connectivity index (χ2v) is 4.96. The molecule has 0 fully saturated rings. The molecular weight excluding hydrogens is 274 g/mol. The monoisotopic (exact) mass is 289 g/mol. The Hall–Kier alpha value is -1.87. The third-order valence-corrected chi connectivity index (χ3v) is 3.27. The summed E-state index contributed by atoms with van der Waals surface area (Å²) in [4.78, 5) is 15.8. The Bertz CT molecular complexity index is 653. The van der Waals surface area contributed by atoms with Gasteiger partial charge in [0, 0.05) is 17.3 Å². The van der Waals surface area contributed by atoms with Crippen molar-refractivity contribution in [3.63, 3.8) is 0 Å². The van der Waals surface area contributed by atoms with Crippen molar-refractivity contribution in [2.75, 3.05) is 0 Å². The van der Waals surface area contributed by atoms with Gasteiger partial charge < -0.3 is 4.74 Å². The van der Waals surface area contributed by atoms with Gasteiger partial charge in [-0.1, -0.05) is 18.5 Å². The van der Waals surface area contributed by atoms with Crippen LogP contribution in [-0.4, -0.2) is 10.8 Å². The average Bonchev–Trinajstić information content (AvgIpc) is 2.40. The topological polar surface area (TPSA) is 39.2 Å². The molecule has 0 unspecified atom stereocenters. The van der Waals surface area contributed by atoms with E-state index in [4.69, 9.17) is 16.3 Å². The zero-order valence-corrected chi connectivity index (χ0v) is 12.5. The van der Waals surface area contributed by atoms with Gasteiger partial charge in [-0.05, 0) is 44.5 Å². The van der Waals surface area contributed by atoms with E-state index in [0.29, 0.717) is 22.1 Å². The summed E-state index contributed by atoms with van der Waals surface area (Å²) in [5, 5.41) is 0.396. The van der Waals surface area contributed by atoms with Crippen LogP contribution in [0.15, 0.2) is 30.3 Å². The molecule has 0 aliphatic rings. The number of Topliss-reactive ketones (excluding diaryl/α,β-unsaturated/α-hetero) is 1. The lowest BCUT2D eigenvalue weighted by Gasteiger charge is -2.11. The number of ketones is 1. The van der Waals surface area contributed by atoms with Gasteiger partial charge in [0.05, 0.1) is 10.7 Å². The molecule has 2 rings (SSSR count). The smallest absolute Gasteiger partial charge is 0.161 e. The number of benzene rings is 1. The van der Waals surface area contributed by atoms with E-state index in [9.17, 15) is 4.79 Å². The fraction of sp³-hybridized carbons (Fsp3) is 0.250. The first-order valence-corrected chi connectivity index (χ1v) is 6.84. The number of aromatic nitrogens is 1. The van der Waals surface area contributed by atoms with E-state index >= 15 is 0 Å². The molecule has 0 saturated carbocycles. The maximum absolute atomic E-state index is 11.3. The molecule has 1 heterocycles. The Labute approximate surface area is 123 Å². The molecule has 4 heteroatoms. The summed E-state index contributed by atoms with van der Waals surface area (Å²) in [6.45, 7) is 5.46. The van der Waals surface area contributed by atoms with E-state index in [1.165, 1.54) is 6.92 Å². The number of hydrogen-bond donors (Lipinski definition) is 0. The van der Waals surface area contributed by atoms with Crippen LogP contribution in [0.3, 0.4) is 0 Å². The number of carbonyl (C=O) groups is 1. The molecular formula is C16H16ClNO2. The molecule has 0 bridgehead atoms. The Morgan fingerprint density at radius 3 is 2.65 bits per heavy atom. The van der Waals surface area contributed by atoms with Gasteiger partial charge in [0.15, 0.2) is 5.78 Å². The van der Waals surface area contributed by atoms with Crippen molar-refractivity contribution in [1.82, 2.24) is 4.98 Å². The molecule has 1 aromatic carbocycles. The van der Waals surface area contributed by atoms with E-state index in [-0.39, 0.29) is 5.78 Å². The fourth-order valence-electron chi connectivity index (χ4n) is 1.92. The third-order valence-electron chi connectivity index (χ3n) is 2.95. The SMILES string of the molecule is CCc1nc(C)ccc1Oc1ccc(C(C)=O)c(Cl)c1. The predicted molar refractivity (Wildman–Crippen MR) is 79.9 cm³/mol. The normalized spacial score (nSPS) is 10.4. The highest BCUT2D eigenvalue weighted by Crippen LogP contribution is 2.29. The molecule has 0 aliphatic carbocycles. The van der Waals surface area contributed by atoms with E-state index < -0.39 is 0 Å². The van der Waals surface area contributed by atoms with Crippen molar-refractivity contribution < 1.29 is 9.53 Å². The predicted octanol–water partition coefficient (Wildman–Crippen LogP) is 4.60. The highest BCUT2D eigenvalue weighted by Gasteiger charge is 2.09. The molecule has 20 heavy (non-hydrogen) atoms. The number of hydrogen-bond acceptors (Lipinski definition) is 3. The molecule has 1 aromatic heterocycles. The summed E-state index contributed by atoms with van der Waals surface area (Å²) in [7, 11) is 0. The third kappa shape index (κ3) is 3.17. The Morgan fingerprint density at radius 2 is 2.05 bits per heavy atom. The lowest BCUT2D eigenvalue weighted by Crippen LogP contribution is -1.97. The van der Waals surface area contributed by atoms with Gasteiger partial charge in [-0.2, -0.15) is 0 Å². The van der Waals surface area contributed by atoms with Crippen LogP contribution in [0.5, 0.6) is 11.5 Å². The highest BCUT2D eigenvalue weighted by atomic mass is 35.5. The summed E-state index contributed by atoms with van der Waals surface area (Å²) in [6.07, 6.45) is 0.788. The van der Waals surface area contributed by atoms with Gasteiger partial charge in [0.25, 0.3) is 0 Å². The van der Waals surface area contributed by atoms with Crippen molar-refractivity contribution in [3.05, 3.63) is 52.3 Å². The largest absolute Gasteiger partial charge is 0.455 e. The molecule has 0 spiro atoms. The van der Waals surface area contributed by atoms with Gasteiger partial charge in [-0.3, -0.25) is 9.78 Å². The number of aryl methyl sites for hydroxylation is 2. The molecule has 0 amide bonds. The average molecular weight is 290 g/mol. The molecule has 3 nitrogen and oxygen atoms in total. The number of pyridine rings is 1. The van der Waals surface area contributed by atoms with Crippen LogP contribution in [-0.2, 0) is 6.42 Å². The number of carbonyl (C=O) groups excluding carboxylic acids is 1. The summed E-state index contributed by atoms with van der Waals surface area (Å²) < 4.78 is 5.81. The Balaban J connectivity index is 2.31. The van der Waals surface area contributed by atoms with Gasteiger partial charge in [-0.15, -0.1) is 0 Å². The molecule has 2 aromatic rings. The number of ether oxygens (including phenoxy) is 1. The standard InChI is InChI=1S/C16H16ClNO2/c1-4-15-16(8-5-10(2)18-15)20-12-6-7-13(11(3)19)14(17)9-12/h5-9H,4H2,1-3H3. The van der Waals surface area contributed by atoms with Crippen LogP contribution < -0.4 is 4.74 Å². The Kier molecular flexibility index (Phi) is 4.40. The lowest BCUT2D eigenvalue weighted by molar-refractivity contribution is 0.101. The van der Waals surface area contributed by atoms with E-state index in [0.717, 1.165) is 17.8 Å². The van der Waals surface area contributed by atoms with Crippen LogP contribution >= 0.6 is 11.6 Å². The fourth-order valence-corrected chi connectivity index (χ4v) is 2.22. The van der Waals surface area contributed by atoms with E-state index in [2.05, 4.69) is 4.98 Å². The number of halogens is 1. The number of rotatable bonds is 4. The van der Waals surface area contributed by atoms with Crippen molar-refractivity contribution in [2.45, 2.75) is 27.2 Å². The summed E-state index contributed by atoms with van der Waals surface area (Å²) in [5.41, 5.74) is 2.35. The molecule has 104 valence electrons. The van der Waals surface area contributed by atoms with Crippen LogP contribution in [0.1, 0.15) is 35.6 Å². The van der Waals surface area contributed by atoms with Crippen LogP contribution in [0.25, 0.3) is 0 Å². The van der Waals surface area contributed by atoms with Crippen LogP contribution in [0.2, 0.25) is 5.02 Å². The van der Waals surface area contributed by atoms with Gasteiger partial charge >= 0.3 is 0 Å². The molecule has 0 saturated heterocycles. The van der Waals surface area contributed by atoms with Crippen molar-refractivity contribution in [1.29, 1.82) is 0 Å². The zero-order chi connectivity index (χ0) is 14.7. The molecule has 0 aliphatic heterocycles. The van der Waals surface area contributed by atoms with Crippen molar-refractivity contribution in [3.8, 4) is 11.5 Å². The Morgan fingerprint density at radius 1 is 1.30 bits per heavy atom. The minimum atomic E-state index is -0.0622. The van der Waals surface area contributed by atoms with E-state index in [1.54, 1.807) is 18.2 Å². The van der Waals surface area contributed by atoms with E-state index in [1.807, 2.05) is 26.0 Å². The molecule has 0 radical (unpaired) electrons. The first-order valence-electron chi connectivity index (χ1n) is 6.46. The summed E-state index contributed by atoms with van der Waals surface area (Å²) >= 11 is 6.07. The second-order valence-electron chi connectivity index (χ2n) is 4.55. The molecule has 0 atom stereocenters. The van der Waals surface area contributed by atoms with Gasteiger partial charge in [-0.25, -0.2) is 0 Å². The second kappa shape index (κ2) is 6.06.